The first kappa shape index (κ1) is 22.3. The summed E-state index contributed by atoms with van der Waals surface area (Å²) >= 11 is 0. The van der Waals surface area contributed by atoms with Crippen molar-refractivity contribution < 1.29 is 4.74 Å². The number of para-hydroxylation sites is 1. The van der Waals surface area contributed by atoms with Gasteiger partial charge in [-0.25, -0.2) is 0 Å². The van der Waals surface area contributed by atoms with Crippen LogP contribution >= 0.6 is 0 Å². The summed E-state index contributed by atoms with van der Waals surface area (Å²) in [5.74, 6) is 2.19. The zero-order valence-corrected chi connectivity index (χ0v) is 18.0. The van der Waals surface area contributed by atoms with Crippen LogP contribution in [0.4, 0.5) is 0 Å². The Labute approximate surface area is 169 Å². The van der Waals surface area contributed by atoms with Crippen LogP contribution in [0.2, 0.25) is 0 Å². The summed E-state index contributed by atoms with van der Waals surface area (Å²) in [4.78, 5) is 0. The Morgan fingerprint density at radius 2 is 1.44 bits per heavy atom. The fraction of sp³-hybridized carbons (Fsp3) is 0.769. The number of hydrogen-bond acceptors (Lipinski definition) is 1. The van der Waals surface area contributed by atoms with Crippen LogP contribution in [-0.4, -0.2) is 6.61 Å². The van der Waals surface area contributed by atoms with Gasteiger partial charge in [-0.1, -0.05) is 115 Å². The van der Waals surface area contributed by atoms with Gasteiger partial charge in [-0.2, -0.15) is 0 Å². The van der Waals surface area contributed by atoms with Crippen LogP contribution in [0.3, 0.4) is 0 Å². The van der Waals surface area contributed by atoms with Crippen molar-refractivity contribution in [2.75, 3.05) is 6.61 Å². The monoisotopic (exact) mass is 372 g/mol. The van der Waals surface area contributed by atoms with E-state index in [1.165, 1.54) is 115 Å². The Bertz CT molecular complexity index is 461. The summed E-state index contributed by atoms with van der Waals surface area (Å²) in [6, 6.07) is 8.70. The number of hydrogen-bond donors (Lipinski definition) is 0. The minimum Gasteiger partial charge on any atom is -0.493 e. The van der Waals surface area contributed by atoms with Gasteiger partial charge in [0.05, 0.1) is 6.61 Å². The van der Waals surface area contributed by atoms with Crippen molar-refractivity contribution in [2.45, 2.75) is 116 Å². The van der Waals surface area contributed by atoms with E-state index < -0.39 is 0 Å². The molecule has 0 aromatic heterocycles. The van der Waals surface area contributed by atoms with Gasteiger partial charge in [0.2, 0.25) is 0 Å². The van der Waals surface area contributed by atoms with Crippen LogP contribution in [0, 0.1) is 5.92 Å². The molecule has 0 saturated heterocycles. The molecule has 1 aliphatic carbocycles. The minimum absolute atomic E-state index is 0.886. The quantitative estimate of drug-likeness (QED) is 0.264. The maximum absolute atomic E-state index is 6.13. The molecule has 1 aromatic rings. The molecule has 0 atom stereocenters. The smallest absolute Gasteiger partial charge is 0.122 e. The molecule has 0 heterocycles. The molecule has 0 bridgehead atoms. The third-order valence-corrected chi connectivity index (χ3v) is 6.26. The molecular formula is C26H44O. The Morgan fingerprint density at radius 1 is 0.778 bits per heavy atom. The third kappa shape index (κ3) is 10.2. The molecular weight excluding hydrogens is 328 g/mol. The molecule has 1 aromatic carbocycles. The molecule has 154 valence electrons. The van der Waals surface area contributed by atoms with E-state index in [4.69, 9.17) is 4.74 Å². The molecule has 1 aliphatic rings. The average Bonchev–Trinajstić information content (AvgIpc) is 3.21. The van der Waals surface area contributed by atoms with Gasteiger partial charge in [0, 0.05) is 0 Å². The minimum atomic E-state index is 0.886. The van der Waals surface area contributed by atoms with Gasteiger partial charge in [-0.15, -0.1) is 0 Å². The number of ether oxygens (including phenoxy) is 1. The molecule has 0 aliphatic heterocycles. The Balaban J connectivity index is 1.51. The summed E-state index contributed by atoms with van der Waals surface area (Å²) in [6.45, 7) is 3.17. The SMILES string of the molecule is CCCCCCCCCc1ccccc1OCCCCCCC1CCCC1. The number of unbranched alkanes of at least 4 members (excludes halogenated alkanes) is 9. The second-order valence-electron chi connectivity index (χ2n) is 8.68. The van der Waals surface area contributed by atoms with Crippen molar-refractivity contribution in [1.82, 2.24) is 0 Å². The molecule has 27 heavy (non-hydrogen) atoms. The molecule has 1 nitrogen and oxygen atoms in total. The molecule has 0 N–H and O–H groups in total. The fourth-order valence-corrected chi connectivity index (χ4v) is 4.49. The molecule has 1 fully saturated rings. The van der Waals surface area contributed by atoms with Crippen molar-refractivity contribution in [3.63, 3.8) is 0 Å². The third-order valence-electron chi connectivity index (χ3n) is 6.26. The molecule has 0 unspecified atom stereocenters. The lowest BCUT2D eigenvalue weighted by molar-refractivity contribution is 0.300. The van der Waals surface area contributed by atoms with E-state index >= 15 is 0 Å². The van der Waals surface area contributed by atoms with Gasteiger partial charge < -0.3 is 4.74 Å². The average molecular weight is 373 g/mol. The largest absolute Gasteiger partial charge is 0.493 e. The summed E-state index contributed by atoms with van der Waals surface area (Å²) in [6.07, 6.45) is 23.6. The zero-order valence-electron chi connectivity index (χ0n) is 18.0. The van der Waals surface area contributed by atoms with E-state index in [1.54, 1.807) is 0 Å². The zero-order chi connectivity index (χ0) is 19.0. The lowest BCUT2D eigenvalue weighted by atomic mass is 9.99. The first-order valence-corrected chi connectivity index (χ1v) is 12.1. The van der Waals surface area contributed by atoms with Crippen LogP contribution in [0.5, 0.6) is 5.75 Å². The van der Waals surface area contributed by atoms with Crippen LogP contribution in [0.15, 0.2) is 24.3 Å². The van der Waals surface area contributed by atoms with E-state index in [-0.39, 0.29) is 0 Å². The first-order valence-electron chi connectivity index (χ1n) is 12.1. The molecule has 0 spiro atoms. The molecule has 1 saturated carbocycles. The van der Waals surface area contributed by atoms with Gasteiger partial charge in [-0.3, -0.25) is 0 Å². The lowest BCUT2D eigenvalue weighted by Gasteiger charge is -2.12. The summed E-state index contributed by atoms with van der Waals surface area (Å²) in [5.41, 5.74) is 1.41. The standard InChI is InChI=1S/C26H44O/c1-2-3-4-5-6-7-11-20-25-21-14-15-22-26(25)27-23-16-9-8-10-17-24-18-12-13-19-24/h14-15,21-22,24H,2-13,16-20,23H2,1H3. The second kappa shape index (κ2) is 15.0. The van der Waals surface area contributed by atoms with Crippen LogP contribution in [-0.2, 0) is 6.42 Å². The van der Waals surface area contributed by atoms with Gasteiger partial charge in [0.25, 0.3) is 0 Å². The summed E-state index contributed by atoms with van der Waals surface area (Å²) < 4.78 is 6.13. The molecule has 0 amide bonds. The van der Waals surface area contributed by atoms with Gasteiger partial charge in [0.15, 0.2) is 0 Å². The second-order valence-corrected chi connectivity index (χ2v) is 8.68. The van der Waals surface area contributed by atoms with E-state index in [9.17, 15) is 0 Å². The highest BCUT2D eigenvalue weighted by atomic mass is 16.5. The predicted octanol–water partition coefficient (Wildman–Crippen LogP) is 8.50. The van der Waals surface area contributed by atoms with Crippen LogP contribution in [0.1, 0.15) is 115 Å². The van der Waals surface area contributed by atoms with Crippen LogP contribution < -0.4 is 4.74 Å². The predicted molar refractivity (Wildman–Crippen MR) is 119 cm³/mol. The highest BCUT2D eigenvalue weighted by Gasteiger charge is 2.13. The van der Waals surface area contributed by atoms with E-state index in [0.29, 0.717) is 0 Å². The van der Waals surface area contributed by atoms with E-state index in [0.717, 1.165) is 18.3 Å². The number of aryl methyl sites for hydroxylation is 1. The van der Waals surface area contributed by atoms with Crippen molar-refractivity contribution in [3.8, 4) is 5.75 Å². The summed E-state index contributed by atoms with van der Waals surface area (Å²) in [7, 11) is 0. The Kier molecular flexibility index (Phi) is 12.4. The lowest BCUT2D eigenvalue weighted by Crippen LogP contribution is -2.01. The highest BCUT2D eigenvalue weighted by Crippen LogP contribution is 2.29. The van der Waals surface area contributed by atoms with Crippen molar-refractivity contribution in [2.24, 2.45) is 5.92 Å². The molecule has 0 radical (unpaired) electrons. The van der Waals surface area contributed by atoms with Gasteiger partial charge in [0.1, 0.15) is 5.75 Å². The van der Waals surface area contributed by atoms with E-state index in [1.807, 2.05) is 0 Å². The highest BCUT2D eigenvalue weighted by molar-refractivity contribution is 5.33. The van der Waals surface area contributed by atoms with E-state index in [2.05, 4.69) is 31.2 Å². The van der Waals surface area contributed by atoms with Crippen molar-refractivity contribution in [1.29, 1.82) is 0 Å². The summed E-state index contributed by atoms with van der Waals surface area (Å²) in [5, 5.41) is 0. The fourth-order valence-electron chi connectivity index (χ4n) is 4.49. The number of rotatable bonds is 16. The van der Waals surface area contributed by atoms with Crippen molar-refractivity contribution >= 4 is 0 Å². The maximum Gasteiger partial charge on any atom is 0.122 e. The Morgan fingerprint density at radius 3 is 2.26 bits per heavy atom. The van der Waals surface area contributed by atoms with Gasteiger partial charge in [-0.05, 0) is 36.8 Å². The normalized spacial score (nSPS) is 14.7. The maximum atomic E-state index is 6.13. The number of benzene rings is 1. The van der Waals surface area contributed by atoms with Gasteiger partial charge >= 0.3 is 0 Å². The molecule has 2 rings (SSSR count). The first-order chi connectivity index (χ1) is 13.4. The van der Waals surface area contributed by atoms with Crippen LogP contribution in [0.25, 0.3) is 0 Å². The topological polar surface area (TPSA) is 9.23 Å². The molecule has 1 heteroatoms. The van der Waals surface area contributed by atoms with Crippen molar-refractivity contribution in [3.05, 3.63) is 29.8 Å². The Hall–Kier alpha value is -0.980.